The highest BCUT2D eigenvalue weighted by atomic mass is 32.2. The Morgan fingerprint density at radius 3 is 2.82 bits per heavy atom. The monoisotopic (exact) mass is 254 g/mol. The van der Waals surface area contributed by atoms with Crippen molar-refractivity contribution in [2.75, 3.05) is 18.8 Å². The molecule has 96 valence electrons. The predicted octanol–water partition coefficient (Wildman–Crippen LogP) is 1.63. The van der Waals surface area contributed by atoms with Crippen LogP contribution in [0.15, 0.2) is 12.2 Å². The summed E-state index contributed by atoms with van der Waals surface area (Å²) >= 11 is 1.97. The molecule has 0 radical (unpaired) electrons. The molecular weight excluding hydrogens is 232 g/mol. The first-order valence-electron chi connectivity index (χ1n) is 6.35. The molecule has 4 heteroatoms. The first-order valence-corrected chi connectivity index (χ1v) is 7.33. The van der Waals surface area contributed by atoms with Gasteiger partial charge in [0.25, 0.3) is 0 Å². The van der Waals surface area contributed by atoms with Gasteiger partial charge in [-0.15, -0.1) is 0 Å². The fourth-order valence-electron chi connectivity index (χ4n) is 2.39. The van der Waals surface area contributed by atoms with Crippen LogP contribution in [0.2, 0.25) is 0 Å². The Bertz CT molecular complexity index is 327. The van der Waals surface area contributed by atoms with E-state index in [1.807, 2.05) is 28.8 Å². The van der Waals surface area contributed by atoms with Crippen LogP contribution in [0.5, 0.6) is 0 Å². The molecule has 2 aliphatic rings. The summed E-state index contributed by atoms with van der Waals surface area (Å²) in [5.74, 6) is 1.34. The van der Waals surface area contributed by atoms with E-state index in [0.29, 0.717) is 4.75 Å². The van der Waals surface area contributed by atoms with E-state index in [4.69, 9.17) is 5.73 Å². The van der Waals surface area contributed by atoms with Crippen molar-refractivity contribution >= 4 is 17.7 Å². The molecule has 0 aromatic heterocycles. The van der Waals surface area contributed by atoms with Crippen molar-refractivity contribution < 1.29 is 4.79 Å². The minimum absolute atomic E-state index is 0.0243. The van der Waals surface area contributed by atoms with Gasteiger partial charge in [-0.1, -0.05) is 26.0 Å². The molecule has 1 heterocycles. The number of rotatable bonds is 1. The van der Waals surface area contributed by atoms with Crippen molar-refractivity contribution in [3.05, 3.63) is 12.2 Å². The second-order valence-electron chi connectivity index (χ2n) is 5.57. The van der Waals surface area contributed by atoms with Crippen LogP contribution in [0.25, 0.3) is 0 Å². The number of nitrogens with two attached hydrogens (primary N) is 1. The topological polar surface area (TPSA) is 46.3 Å². The predicted molar refractivity (Wildman–Crippen MR) is 73.0 cm³/mol. The lowest BCUT2D eigenvalue weighted by atomic mass is 10.1. The summed E-state index contributed by atoms with van der Waals surface area (Å²) in [6, 6.07) is 0.0711. The number of nitrogens with zero attached hydrogens (tertiary/aromatic N) is 1. The number of hydrogen-bond donors (Lipinski definition) is 1. The Morgan fingerprint density at radius 1 is 1.41 bits per heavy atom. The minimum atomic E-state index is 0.0243. The lowest BCUT2D eigenvalue weighted by Gasteiger charge is -2.24. The van der Waals surface area contributed by atoms with Gasteiger partial charge in [0.1, 0.15) is 0 Å². The third-order valence-corrected chi connectivity index (χ3v) is 4.96. The van der Waals surface area contributed by atoms with Gasteiger partial charge in [0.15, 0.2) is 0 Å². The van der Waals surface area contributed by atoms with Crippen LogP contribution < -0.4 is 5.73 Å². The summed E-state index contributed by atoms with van der Waals surface area (Å²) in [5.41, 5.74) is 5.80. The van der Waals surface area contributed by atoms with Gasteiger partial charge in [0.2, 0.25) is 5.91 Å². The molecule has 2 unspecified atom stereocenters. The van der Waals surface area contributed by atoms with E-state index < -0.39 is 0 Å². The Hall–Kier alpha value is -0.480. The second kappa shape index (κ2) is 5.02. The first-order chi connectivity index (χ1) is 7.98. The van der Waals surface area contributed by atoms with Gasteiger partial charge in [0.05, 0.1) is 5.92 Å². The van der Waals surface area contributed by atoms with Gasteiger partial charge in [-0.05, 0) is 12.8 Å². The number of carbonyl (C=O) groups is 1. The van der Waals surface area contributed by atoms with Crippen LogP contribution in [0.3, 0.4) is 0 Å². The van der Waals surface area contributed by atoms with Gasteiger partial charge in [0, 0.05) is 29.6 Å². The number of hydrogen-bond acceptors (Lipinski definition) is 3. The highest BCUT2D eigenvalue weighted by Gasteiger charge is 2.30. The molecule has 0 aromatic rings. The zero-order chi connectivity index (χ0) is 12.5. The summed E-state index contributed by atoms with van der Waals surface area (Å²) in [5, 5.41) is 0. The van der Waals surface area contributed by atoms with E-state index in [1.165, 1.54) is 0 Å². The number of carbonyl (C=O) groups excluding carboxylic acids is 1. The average molecular weight is 254 g/mol. The van der Waals surface area contributed by atoms with E-state index in [0.717, 1.165) is 31.7 Å². The molecule has 0 aromatic carbocycles. The minimum Gasteiger partial charge on any atom is -0.341 e. The van der Waals surface area contributed by atoms with Gasteiger partial charge in [-0.2, -0.15) is 11.8 Å². The summed E-state index contributed by atoms with van der Waals surface area (Å²) < 4.78 is 0.303. The normalized spacial score (nSPS) is 32.5. The Kier molecular flexibility index (Phi) is 3.83. The molecule has 0 spiro atoms. The molecule has 1 aliphatic carbocycles. The fraction of sp³-hybridized carbons (Fsp3) is 0.769. The molecule has 1 aliphatic heterocycles. The van der Waals surface area contributed by atoms with Crippen molar-refractivity contribution in [1.82, 2.24) is 4.90 Å². The van der Waals surface area contributed by atoms with E-state index >= 15 is 0 Å². The Balaban J connectivity index is 1.94. The maximum atomic E-state index is 12.3. The second-order valence-corrected chi connectivity index (χ2v) is 7.38. The molecule has 2 rings (SSSR count). The van der Waals surface area contributed by atoms with Crippen LogP contribution in [0, 0.1) is 5.92 Å². The SMILES string of the molecule is CC1(C)CCN(C(=O)C2C=CC(N)C2)CCS1. The largest absolute Gasteiger partial charge is 0.341 e. The summed E-state index contributed by atoms with van der Waals surface area (Å²) in [6.45, 7) is 6.29. The van der Waals surface area contributed by atoms with Gasteiger partial charge >= 0.3 is 0 Å². The molecule has 1 fully saturated rings. The van der Waals surface area contributed by atoms with E-state index in [9.17, 15) is 4.79 Å². The van der Waals surface area contributed by atoms with Crippen LogP contribution in [0.4, 0.5) is 0 Å². The van der Waals surface area contributed by atoms with Gasteiger partial charge in [-0.3, -0.25) is 4.79 Å². The van der Waals surface area contributed by atoms with Crippen molar-refractivity contribution in [2.45, 2.75) is 37.5 Å². The zero-order valence-corrected chi connectivity index (χ0v) is 11.5. The quantitative estimate of drug-likeness (QED) is 0.724. The average Bonchev–Trinajstić information content (AvgIpc) is 2.60. The summed E-state index contributed by atoms with van der Waals surface area (Å²) in [4.78, 5) is 14.3. The molecule has 1 saturated heterocycles. The van der Waals surface area contributed by atoms with Gasteiger partial charge < -0.3 is 10.6 Å². The molecule has 3 nitrogen and oxygen atoms in total. The smallest absolute Gasteiger partial charge is 0.229 e. The molecule has 1 amide bonds. The van der Waals surface area contributed by atoms with Crippen LogP contribution in [0.1, 0.15) is 26.7 Å². The molecule has 2 N–H and O–H groups in total. The number of amides is 1. The molecular formula is C13H22N2OS. The van der Waals surface area contributed by atoms with E-state index in [2.05, 4.69) is 13.8 Å². The lowest BCUT2D eigenvalue weighted by molar-refractivity contribution is -0.133. The highest BCUT2D eigenvalue weighted by Crippen LogP contribution is 2.31. The van der Waals surface area contributed by atoms with Crippen LogP contribution >= 0.6 is 11.8 Å². The third kappa shape index (κ3) is 3.26. The first kappa shape index (κ1) is 13.0. The van der Waals surface area contributed by atoms with Gasteiger partial charge in [-0.25, -0.2) is 0 Å². The maximum Gasteiger partial charge on any atom is 0.229 e. The Labute approximate surface area is 108 Å². The van der Waals surface area contributed by atoms with Crippen molar-refractivity contribution in [3.8, 4) is 0 Å². The van der Waals surface area contributed by atoms with Crippen LogP contribution in [-0.4, -0.2) is 40.4 Å². The maximum absolute atomic E-state index is 12.3. The Morgan fingerprint density at radius 2 is 2.18 bits per heavy atom. The van der Waals surface area contributed by atoms with Crippen LogP contribution in [-0.2, 0) is 4.79 Å². The molecule has 0 bridgehead atoms. The lowest BCUT2D eigenvalue weighted by Crippen LogP contribution is -2.37. The number of thioether (sulfide) groups is 1. The third-order valence-electron chi connectivity index (χ3n) is 3.58. The van der Waals surface area contributed by atoms with E-state index in [1.54, 1.807) is 0 Å². The summed E-state index contributed by atoms with van der Waals surface area (Å²) in [7, 11) is 0. The molecule has 2 atom stereocenters. The van der Waals surface area contributed by atoms with E-state index in [-0.39, 0.29) is 17.9 Å². The van der Waals surface area contributed by atoms with Crippen molar-refractivity contribution in [2.24, 2.45) is 11.7 Å². The van der Waals surface area contributed by atoms with Crippen molar-refractivity contribution in [3.63, 3.8) is 0 Å². The summed E-state index contributed by atoms with van der Waals surface area (Å²) in [6.07, 6.45) is 5.80. The molecule has 0 saturated carbocycles. The highest BCUT2D eigenvalue weighted by molar-refractivity contribution is 8.00. The van der Waals surface area contributed by atoms with Crippen molar-refractivity contribution in [1.29, 1.82) is 0 Å². The zero-order valence-electron chi connectivity index (χ0n) is 10.7. The molecule has 17 heavy (non-hydrogen) atoms. The standard InChI is InChI=1S/C13H22N2OS/c1-13(2)5-6-15(7-8-17-13)12(16)10-3-4-11(14)9-10/h3-4,10-11H,5-9,14H2,1-2H3. The fourth-order valence-corrected chi connectivity index (χ4v) is 3.49.